The van der Waals surface area contributed by atoms with Crippen molar-refractivity contribution in [3.63, 3.8) is 0 Å². The number of nitrogens with zero attached hydrogens (tertiary/aromatic N) is 4. The molecule has 8 nitrogen and oxygen atoms in total. The SMILES string of the molecule is Cc1ccc(N2C(=O)[C@H]3N=NN(CC(=O)Nc4ccccc4)[C@@H]3C2=O)cc1C. The fraction of sp³-hybridized carbons (Fsp3) is 0.250. The van der Waals surface area contributed by atoms with Gasteiger partial charge < -0.3 is 5.32 Å². The van der Waals surface area contributed by atoms with E-state index in [1.165, 1.54) is 5.01 Å². The second kappa shape index (κ2) is 6.88. The van der Waals surface area contributed by atoms with Gasteiger partial charge in [0, 0.05) is 5.69 Å². The summed E-state index contributed by atoms with van der Waals surface area (Å²) in [5.74, 6) is -1.18. The summed E-state index contributed by atoms with van der Waals surface area (Å²) in [5.41, 5.74) is 3.21. The first-order chi connectivity index (χ1) is 13.5. The Hall–Kier alpha value is -3.55. The maximum atomic E-state index is 13.0. The van der Waals surface area contributed by atoms with Gasteiger partial charge in [0.25, 0.3) is 11.8 Å². The molecule has 0 radical (unpaired) electrons. The molecule has 2 aromatic rings. The normalized spacial score (nSPS) is 20.6. The van der Waals surface area contributed by atoms with E-state index in [-0.39, 0.29) is 12.5 Å². The predicted octanol–water partition coefficient (Wildman–Crippen LogP) is 2.24. The number of imide groups is 1. The lowest BCUT2D eigenvalue weighted by molar-refractivity contribution is -0.123. The zero-order valence-electron chi connectivity index (χ0n) is 15.5. The highest BCUT2D eigenvalue weighted by molar-refractivity contribution is 6.25. The second-order valence-electron chi connectivity index (χ2n) is 6.89. The van der Waals surface area contributed by atoms with Crippen LogP contribution in [0.1, 0.15) is 11.1 Å². The first-order valence-corrected chi connectivity index (χ1v) is 8.93. The largest absolute Gasteiger partial charge is 0.324 e. The van der Waals surface area contributed by atoms with Crippen LogP contribution in [0.25, 0.3) is 0 Å². The quantitative estimate of drug-likeness (QED) is 0.827. The van der Waals surface area contributed by atoms with Gasteiger partial charge in [-0.1, -0.05) is 29.5 Å². The van der Waals surface area contributed by atoms with Crippen LogP contribution in [0, 0.1) is 13.8 Å². The molecule has 0 spiro atoms. The minimum atomic E-state index is -0.918. The standard InChI is InChI=1S/C20H19N5O3/c1-12-8-9-15(10-13(12)2)25-19(27)17-18(20(25)28)24(23-22-17)11-16(26)21-14-6-4-3-5-7-14/h3-10,17-18H,11H2,1-2H3,(H,21,26)/t17-,18-/m0/s1. The Balaban J connectivity index is 1.51. The lowest BCUT2D eigenvalue weighted by Crippen LogP contribution is -2.43. The van der Waals surface area contributed by atoms with E-state index in [9.17, 15) is 14.4 Å². The number of aryl methyl sites for hydroxylation is 2. The number of carbonyl (C=O) groups is 3. The molecule has 8 heteroatoms. The topological polar surface area (TPSA) is 94.4 Å². The minimum absolute atomic E-state index is 0.167. The summed E-state index contributed by atoms with van der Waals surface area (Å²) < 4.78 is 0. The average molecular weight is 377 g/mol. The van der Waals surface area contributed by atoms with Gasteiger partial charge in [-0.2, -0.15) is 5.11 Å². The molecule has 142 valence electrons. The molecule has 4 rings (SSSR count). The van der Waals surface area contributed by atoms with E-state index in [1.807, 2.05) is 38.1 Å². The maximum Gasteiger partial charge on any atom is 0.263 e. The maximum absolute atomic E-state index is 13.0. The third-order valence-corrected chi connectivity index (χ3v) is 4.97. The van der Waals surface area contributed by atoms with Gasteiger partial charge in [-0.15, -0.1) is 0 Å². The van der Waals surface area contributed by atoms with Crippen molar-refractivity contribution >= 4 is 29.1 Å². The number of amides is 3. The van der Waals surface area contributed by atoms with E-state index in [0.717, 1.165) is 16.0 Å². The number of benzene rings is 2. The number of hydrogen-bond donors (Lipinski definition) is 1. The van der Waals surface area contributed by atoms with Gasteiger partial charge in [0.15, 0.2) is 12.1 Å². The summed E-state index contributed by atoms with van der Waals surface area (Å²) in [7, 11) is 0. The van der Waals surface area contributed by atoms with Crippen molar-refractivity contribution < 1.29 is 14.4 Å². The summed E-state index contributed by atoms with van der Waals surface area (Å²) in [6, 6.07) is 12.6. The van der Waals surface area contributed by atoms with Crippen LogP contribution >= 0.6 is 0 Å². The van der Waals surface area contributed by atoms with E-state index in [4.69, 9.17) is 0 Å². The Labute approximate surface area is 161 Å². The molecule has 2 aliphatic heterocycles. The van der Waals surface area contributed by atoms with Gasteiger partial charge in [-0.05, 0) is 49.2 Å². The molecule has 2 heterocycles. The van der Waals surface area contributed by atoms with Crippen LogP contribution in [0.4, 0.5) is 11.4 Å². The monoisotopic (exact) mass is 377 g/mol. The van der Waals surface area contributed by atoms with E-state index in [1.54, 1.807) is 24.3 Å². The Morgan fingerprint density at radius 2 is 1.79 bits per heavy atom. The van der Waals surface area contributed by atoms with Crippen molar-refractivity contribution in [2.45, 2.75) is 25.9 Å². The van der Waals surface area contributed by atoms with Crippen molar-refractivity contribution in [2.24, 2.45) is 10.3 Å². The van der Waals surface area contributed by atoms with Crippen LogP contribution in [-0.2, 0) is 14.4 Å². The fourth-order valence-corrected chi connectivity index (χ4v) is 3.34. The third kappa shape index (κ3) is 3.02. The molecule has 28 heavy (non-hydrogen) atoms. The van der Waals surface area contributed by atoms with Crippen LogP contribution in [0.3, 0.4) is 0 Å². The molecule has 0 unspecified atom stereocenters. The van der Waals surface area contributed by atoms with Crippen molar-refractivity contribution in [1.29, 1.82) is 0 Å². The van der Waals surface area contributed by atoms with E-state index >= 15 is 0 Å². The number of nitrogens with one attached hydrogen (secondary N) is 1. The molecular formula is C20H19N5O3. The number of para-hydroxylation sites is 1. The number of anilines is 2. The first kappa shape index (κ1) is 17.8. The molecular weight excluding hydrogens is 358 g/mol. The molecule has 3 amide bonds. The summed E-state index contributed by atoms with van der Waals surface area (Å²) >= 11 is 0. The molecule has 1 fully saturated rings. The minimum Gasteiger partial charge on any atom is -0.324 e. The van der Waals surface area contributed by atoms with E-state index in [0.29, 0.717) is 11.4 Å². The summed E-state index contributed by atoms with van der Waals surface area (Å²) in [6.07, 6.45) is 0. The Bertz CT molecular complexity index is 989. The highest BCUT2D eigenvalue weighted by Gasteiger charge is 2.55. The molecule has 0 saturated carbocycles. The van der Waals surface area contributed by atoms with Crippen LogP contribution in [0.15, 0.2) is 58.9 Å². The van der Waals surface area contributed by atoms with Crippen LogP contribution < -0.4 is 10.2 Å². The van der Waals surface area contributed by atoms with Crippen molar-refractivity contribution in [3.05, 3.63) is 59.7 Å². The highest BCUT2D eigenvalue weighted by Crippen LogP contribution is 2.32. The van der Waals surface area contributed by atoms with Gasteiger partial charge in [0.05, 0.1) is 5.69 Å². The Morgan fingerprint density at radius 3 is 2.50 bits per heavy atom. The Morgan fingerprint density at radius 1 is 1.04 bits per heavy atom. The molecule has 2 aromatic carbocycles. The molecule has 2 atom stereocenters. The summed E-state index contributed by atoms with van der Waals surface area (Å²) in [4.78, 5) is 39.2. The number of rotatable bonds is 4. The van der Waals surface area contributed by atoms with Crippen molar-refractivity contribution in [1.82, 2.24) is 5.01 Å². The van der Waals surface area contributed by atoms with Gasteiger partial charge in [-0.3, -0.25) is 19.4 Å². The first-order valence-electron chi connectivity index (χ1n) is 8.93. The highest BCUT2D eigenvalue weighted by atomic mass is 16.2. The lowest BCUT2D eigenvalue weighted by Gasteiger charge is -2.20. The molecule has 2 aliphatic rings. The predicted molar refractivity (Wildman–Crippen MR) is 103 cm³/mol. The van der Waals surface area contributed by atoms with Crippen LogP contribution in [0.5, 0.6) is 0 Å². The van der Waals surface area contributed by atoms with Gasteiger partial charge in [0.1, 0.15) is 6.54 Å². The molecule has 0 bridgehead atoms. The smallest absolute Gasteiger partial charge is 0.263 e. The third-order valence-electron chi connectivity index (χ3n) is 4.97. The number of hydrogen-bond acceptors (Lipinski definition) is 6. The number of carbonyl (C=O) groups excluding carboxylic acids is 3. The van der Waals surface area contributed by atoms with E-state index in [2.05, 4.69) is 15.7 Å². The van der Waals surface area contributed by atoms with E-state index < -0.39 is 23.9 Å². The number of fused-ring (bicyclic) bond motifs is 1. The lowest BCUT2D eigenvalue weighted by atomic mass is 10.1. The van der Waals surface area contributed by atoms with Gasteiger partial charge in [0.2, 0.25) is 5.91 Å². The van der Waals surface area contributed by atoms with Crippen molar-refractivity contribution in [3.8, 4) is 0 Å². The zero-order valence-corrected chi connectivity index (χ0v) is 15.5. The molecule has 1 N–H and O–H groups in total. The fourth-order valence-electron chi connectivity index (χ4n) is 3.34. The molecule has 0 aromatic heterocycles. The zero-order chi connectivity index (χ0) is 19.8. The molecule has 0 aliphatic carbocycles. The van der Waals surface area contributed by atoms with Crippen LogP contribution in [0.2, 0.25) is 0 Å². The second-order valence-corrected chi connectivity index (χ2v) is 6.89. The summed E-state index contributed by atoms with van der Waals surface area (Å²) in [5, 5.41) is 11.9. The Kier molecular flexibility index (Phi) is 4.38. The van der Waals surface area contributed by atoms with Gasteiger partial charge in [-0.25, -0.2) is 4.90 Å². The van der Waals surface area contributed by atoms with Crippen LogP contribution in [-0.4, -0.2) is 41.4 Å². The molecule has 1 saturated heterocycles. The van der Waals surface area contributed by atoms with Crippen molar-refractivity contribution in [2.75, 3.05) is 16.8 Å². The van der Waals surface area contributed by atoms with Gasteiger partial charge >= 0.3 is 0 Å². The summed E-state index contributed by atoms with van der Waals surface area (Å²) in [6.45, 7) is 3.72. The average Bonchev–Trinajstić information content (AvgIpc) is 3.18.